The van der Waals surface area contributed by atoms with Gasteiger partial charge in [-0.3, -0.25) is 4.79 Å². The molecule has 0 N–H and O–H groups in total. The molecular weight excluding hydrogens is 353 g/mol. The summed E-state index contributed by atoms with van der Waals surface area (Å²) >= 11 is 0. The molecule has 28 heavy (non-hydrogen) atoms. The van der Waals surface area contributed by atoms with Crippen molar-refractivity contribution in [2.45, 2.75) is 90.4 Å². The minimum Gasteiger partial charge on any atom is -0.426 e. The molecule has 1 fully saturated rings. The van der Waals surface area contributed by atoms with Gasteiger partial charge in [0.1, 0.15) is 17.6 Å². The molecule has 0 heterocycles. The maximum Gasteiger partial charge on any atom is 0.311 e. The number of hydrogen-bond acceptors (Lipinski definition) is 3. The van der Waals surface area contributed by atoms with Crippen LogP contribution >= 0.6 is 0 Å². The van der Waals surface area contributed by atoms with E-state index < -0.39 is 5.82 Å². The third-order valence-electron chi connectivity index (χ3n) is 5.98. The number of benzene rings is 1. The first-order valence-electron chi connectivity index (χ1n) is 11.0. The van der Waals surface area contributed by atoms with Crippen molar-refractivity contribution in [3.05, 3.63) is 29.6 Å². The third-order valence-corrected chi connectivity index (χ3v) is 5.98. The molecule has 2 rings (SSSR count). The van der Waals surface area contributed by atoms with Crippen molar-refractivity contribution in [3.63, 3.8) is 0 Å². The molecule has 1 saturated carbocycles. The molecule has 3 nitrogen and oxygen atoms in total. The second-order valence-corrected chi connectivity index (χ2v) is 8.21. The summed E-state index contributed by atoms with van der Waals surface area (Å²) in [5.74, 6) is 0.668. The van der Waals surface area contributed by atoms with E-state index in [4.69, 9.17) is 10.00 Å². The van der Waals surface area contributed by atoms with Gasteiger partial charge in [0.25, 0.3) is 0 Å². The van der Waals surface area contributed by atoms with Gasteiger partial charge in [-0.25, -0.2) is 4.39 Å². The highest BCUT2D eigenvalue weighted by molar-refractivity contribution is 5.72. The van der Waals surface area contributed by atoms with Crippen LogP contribution in [0.3, 0.4) is 0 Å². The van der Waals surface area contributed by atoms with Crippen LogP contribution in [0, 0.1) is 29.0 Å². The minimum absolute atomic E-state index is 0.0440. The second kappa shape index (κ2) is 12.5. The number of ether oxygens (including phenoxy) is 1. The van der Waals surface area contributed by atoms with Crippen LogP contribution in [0.1, 0.15) is 96.0 Å². The molecule has 1 aliphatic rings. The molecule has 0 bridgehead atoms. The molecule has 4 heteroatoms. The van der Waals surface area contributed by atoms with Crippen molar-refractivity contribution >= 4 is 5.97 Å². The van der Waals surface area contributed by atoms with Gasteiger partial charge in [0.15, 0.2) is 0 Å². The van der Waals surface area contributed by atoms with Gasteiger partial charge in [0, 0.05) is 12.5 Å². The van der Waals surface area contributed by atoms with Crippen molar-refractivity contribution in [1.29, 1.82) is 5.26 Å². The third kappa shape index (κ3) is 8.00. The van der Waals surface area contributed by atoms with Crippen LogP contribution in [0.4, 0.5) is 4.39 Å². The predicted molar refractivity (Wildman–Crippen MR) is 109 cm³/mol. The quantitative estimate of drug-likeness (QED) is 0.235. The van der Waals surface area contributed by atoms with E-state index in [2.05, 4.69) is 6.92 Å². The summed E-state index contributed by atoms with van der Waals surface area (Å²) in [7, 11) is 0. The van der Waals surface area contributed by atoms with Crippen LogP contribution in [0.25, 0.3) is 0 Å². The number of nitrogens with zero attached hydrogens (tertiary/aromatic N) is 1. The van der Waals surface area contributed by atoms with Gasteiger partial charge >= 0.3 is 5.97 Å². The van der Waals surface area contributed by atoms with Crippen LogP contribution in [0.15, 0.2) is 18.2 Å². The highest BCUT2D eigenvalue weighted by atomic mass is 19.1. The van der Waals surface area contributed by atoms with Crippen LogP contribution in [0.5, 0.6) is 5.75 Å². The van der Waals surface area contributed by atoms with E-state index in [-0.39, 0.29) is 17.3 Å². The van der Waals surface area contributed by atoms with E-state index in [1.807, 2.05) is 0 Å². The number of rotatable bonds is 11. The molecule has 1 aromatic rings. The SMILES string of the molecule is CCCCCCCCC1CCC(CCC(=O)Oc2ccc(C#N)c(F)c2)CC1. The minimum atomic E-state index is -0.656. The van der Waals surface area contributed by atoms with E-state index in [1.54, 1.807) is 6.07 Å². The summed E-state index contributed by atoms with van der Waals surface area (Å²) in [5.41, 5.74) is -0.0440. The number of hydrogen-bond donors (Lipinski definition) is 0. The van der Waals surface area contributed by atoms with Crippen LogP contribution < -0.4 is 4.74 Å². The average Bonchev–Trinajstić information content (AvgIpc) is 2.70. The first-order valence-corrected chi connectivity index (χ1v) is 11.0. The maximum atomic E-state index is 13.6. The molecule has 0 aromatic heterocycles. The zero-order chi connectivity index (χ0) is 20.2. The van der Waals surface area contributed by atoms with Crippen LogP contribution in [-0.2, 0) is 4.79 Å². The van der Waals surface area contributed by atoms with Gasteiger partial charge in [0.2, 0.25) is 0 Å². The maximum absolute atomic E-state index is 13.6. The van der Waals surface area contributed by atoms with Gasteiger partial charge in [-0.2, -0.15) is 5.26 Å². The second-order valence-electron chi connectivity index (χ2n) is 8.21. The summed E-state index contributed by atoms with van der Waals surface area (Å²) in [6.07, 6.45) is 15.8. The smallest absolute Gasteiger partial charge is 0.311 e. The van der Waals surface area contributed by atoms with Gasteiger partial charge in [-0.15, -0.1) is 0 Å². The number of nitriles is 1. The van der Waals surface area contributed by atoms with E-state index in [9.17, 15) is 9.18 Å². The summed E-state index contributed by atoms with van der Waals surface area (Å²) in [5, 5.41) is 8.73. The molecule has 0 unspecified atom stereocenters. The molecular formula is C24H34FNO2. The van der Waals surface area contributed by atoms with Gasteiger partial charge in [0.05, 0.1) is 5.56 Å². The lowest BCUT2D eigenvalue weighted by molar-refractivity contribution is -0.134. The Morgan fingerprint density at radius 2 is 1.71 bits per heavy atom. The van der Waals surface area contributed by atoms with Gasteiger partial charge in [-0.1, -0.05) is 77.6 Å². The fourth-order valence-corrected chi connectivity index (χ4v) is 4.18. The van der Waals surface area contributed by atoms with Crippen molar-refractivity contribution < 1.29 is 13.9 Å². The van der Waals surface area contributed by atoms with E-state index >= 15 is 0 Å². The summed E-state index contributed by atoms with van der Waals surface area (Å²) in [6, 6.07) is 5.66. The number of unbranched alkanes of at least 4 members (excludes halogenated alkanes) is 5. The molecule has 0 amide bonds. The Kier molecular flexibility index (Phi) is 10.0. The molecule has 1 aliphatic carbocycles. The highest BCUT2D eigenvalue weighted by Crippen LogP contribution is 2.34. The highest BCUT2D eigenvalue weighted by Gasteiger charge is 2.21. The molecule has 0 saturated heterocycles. The van der Waals surface area contributed by atoms with E-state index in [0.717, 1.165) is 18.4 Å². The van der Waals surface area contributed by atoms with Crippen molar-refractivity contribution in [3.8, 4) is 11.8 Å². The van der Waals surface area contributed by atoms with Crippen LogP contribution in [-0.4, -0.2) is 5.97 Å². The molecule has 0 radical (unpaired) electrons. The Morgan fingerprint density at radius 3 is 2.36 bits per heavy atom. The number of carbonyl (C=O) groups is 1. The fourth-order valence-electron chi connectivity index (χ4n) is 4.18. The zero-order valence-corrected chi connectivity index (χ0v) is 17.2. The van der Waals surface area contributed by atoms with Crippen LogP contribution in [0.2, 0.25) is 0 Å². The Labute approximate surface area is 169 Å². The first-order chi connectivity index (χ1) is 13.6. The van der Waals surface area contributed by atoms with Crippen molar-refractivity contribution in [2.24, 2.45) is 11.8 Å². The predicted octanol–water partition coefficient (Wildman–Crippen LogP) is 6.94. The Balaban J connectivity index is 1.58. The molecule has 0 aliphatic heterocycles. The monoisotopic (exact) mass is 387 g/mol. The first kappa shape index (κ1) is 22.4. The lowest BCUT2D eigenvalue weighted by Crippen LogP contribution is -2.17. The van der Waals surface area contributed by atoms with E-state index in [0.29, 0.717) is 12.3 Å². The fraction of sp³-hybridized carbons (Fsp3) is 0.667. The summed E-state index contributed by atoms with van der Waals surface area (Å²) < 4.78 is 18.8. The largest absolute Gasteiger partial charge is 0.426 e. The number of carbonyl (C=O) groups excluding carboxylic acids is 1. The van der Waals surface area contributed by atoms with E-state index in [1.165, 1.54) is 82.8 Å². The van der Waals surface area contributed by atoms with Gasteiger partial charge in [-0.05, 0) is 30.4 Å². The molecule has 1 aromatic carbocycles. The topological polar surface area (TPSA) is 50.1 Å². The Morgan fingerprint density at radius 1 is 1.07 bits per heavy atom. The molecule has 154 valence electrons. The summed E-state index contributed by atoms with van der Waals surface area (Å²) in [6.45, 7) is 2.25. The number of esters is 1. The average molecular weight is 388 g/mol. The zero-order valence-electron chi connectivity index (χ0n) is 17.2. The van der Waals surface area contributed by atoms with Gasteiger partial charge < -0.3 is 4.74 Å². The normalized spacial score (nSPS) is 19.2. The lowest BCUT2D eigenvalue weighted by Gasteiger charge is -2.28. The molecule has 0 atom stereocenters. The number of halogens is 1. The lowest BCUT2D eigenvalue weighted by atomic mass is 9.78. The molecule has 0 spiro atoms. The van der Waals surface area contributed by atoms with Crippen molar-refractivity contribution in [2.75, 3.05) is 0 Å². The standard InChI is InChI=1S/C24H34FNO2/c1-2-3-4-5-6-7-8-19-9-11-20(12-10-19)13-16-24(27)28-22-15-14-21(18-26)23(25)17-22/h14-15,17,19-20H,2-13,16H2,1H3. The Bertz CT molecular complexity index is 644. The Hall–Kier alpha value is -1.89. The van der Waals surface area contributed by atoms with Crippen molar-refractivity contribution in [1.82, 2.24) is 0 Å². The summed E-state index contributed by atoms with van der Waals surface area (Å²) in [4.78, 5) is 12.0.